The maximum Gasteiger partial charge on any atom is 0.417 e. The zero-order chi connectivity index (χ0) is 20.7. The summed E-state index contributed by atoms with van der Waals surface area (Å²) in [5.41, 5.74) is -0.952. The molecule has 2 rings (SSSR count). The number of hydrogen-bond donors (Lipinski definition) is 0. The SMILES string of the molecule is C/C(Cl)=C/COc1ccc(OCCOc2ncc(C(F)(F)F)cc2Cl)c(Cl)c1. The van der Waals surface area contributed by atoms with Gasteiger partial charge < -0.3 is 14.2 Å². The first-order chi connectivity index (χ1) is 13.2. The molecule has 2 aromatic rings. The van der Waals surface area contributed by atoms with Crippen molar-refractivity contribution < 1.29 is 27.4 Å². The third kappa shape index (κ3) is 6.96. The summed E-state index contributed by atoms with van der Waals surface area (Å²) in [7, 11) is 0. The molecule has 0 fully saturated rings. The van der Waals surface area contributed by atoms with Crippen molar-refractivity contribution in [3.8, 4) is 17.4 Å². The van der Waals surface area contributed by atoms with Crippen molar-refractivity contribution in [3.05, 3.63) is 57.2 Å². The predicted molar refractivity (Wildman–Crippen MR) is 102 cm³/mol. The van der Waals surface area contributed by atoms with Crippen LogP contribution in [0.2, 0.25) is 10.0 Å². The van der Waals surface area contributed by atoms with E-state index < -0.39 is 11.7 Å². The van der Waals surface area contributed by atoms with Crippen LogP contribution in [0.1, 0.15) is 12.5 Å². The summed E-state index contributed by atoms with van der Waals surface area (Å²) in [6.45, 7) is 2.13. The van der Waals surface area contributed by atoms with Gasteiger partial charge in [0, 0.05) is 17.3 Å². The summed E-state index contributed by atoms with van der Waals surface area (Å²) >= 11 is 17.6. The van der Waals surface area contributed by atoms with E-state index in [1.54, 1.807) is 31.2 Å². The second kappa shape index (κ2) is 10.1. The van der Waals surface area contributed by atoms with Crippen LogP contribution in [-0.2, 0) is 6.18 Å². The Kier molecular flexibility index (Phi) is 8.10. The third-order valence-corrected chi connectivity index (χ3v) is 3.95. The number of alkyl halides is 3. The number of hydrogen-bond acceptors (Lipinski definition) is 4. The second-order valence-electron chi connectivity index (χ2n) is 5.40. The van der Waals surface area contributed by atoms with Crippen molar-refractivity contribution in [1.82, 2.24) is 4.98 Å². The summed E-state index contributed by atoms with van der Waals surface area (Å²) in [6.07, 6.45) is -2.17. The zero-order valence-corrected chi connectivity index (χ0v) is 16.8. The van der Waals surface area contributed by atoms with Crippen LogP contribution in [0.4, 0.5) is 13.2 Å². The van der Waals surface area contributed by atoms with Gasteiger partial charge in [-0.2, -0.15) is 13.2 Å². The van der Waals surface area contributed by atoms with Crippen LogP contribution >= 0.6 is 34.8 Å². The summed E-state index contributed by atoms with van der Waals surface area (Å²) < 4.78 is 53.9. The first-order valence-corrected chi connectivity index (χ1v) is 9.03. The van der Waals surface area contributed by atoms with E-state index in [-0.39, 0.29) is 24.1 Å². The summed E-state index contributed by atoms with van der Waals surface area (Å²) in [5, 5.41) is 0.707. The van der Waals surface area contributed by atoms with Crippen molar-refractivity contribution in [1.29, 1.82) is 0 Å². The van der Waals surface area contributed by atoms with Crippen molar-refractivity contribution in [2.75, 3.05) is 19.8 Å². The molecule has 0 aliphatic carbocycles. The van der Waals surface area contributed by atoms with Gasteiger partial charge in [0.2, 0.25) is 5.88 Å². The van der Waals surface area contributed by atoms with E-state index in [1.165, 1.54) is 0 Å². The lowest BCUT2D eigenvalue weighted by molar-refractivity contribution is -0.137. The fourth-order valence-electron chi connectivity index (χ4n) is 1.92. The molecule has 10 heteroatoms. The number of allylic oxidation sites excluding steroid dienone is 1. The van der Waals surface area contributed by atoms with Crippen LogP contribution in [-0.4, -0.2) is 24.8 Å². The fraction of sp³-hybridized carbons (Fsp3) is 0.278. The molecule has 0 atom stereocenters. The van der Waals surface area contributed by atoms with Gasteiger partial charge in [0.15, 0.2) is 0 Å². The number of nitrogens with zero attached hydrogens (tertiary/aromatic N) is 1. The Morgan fingerprint density at radius 1 is 1.07 bits per heavy atom. The number of aromatic nitrogens is 1. The van der Waals surface area contributed by atoms with Gasteiger partial charge in [-0.3, -0.25) is 0 Å². The normalized spacial score (nSPS) is 12.0. The third-order valence-electron chi connectivity index (χ3n) is 3.23. The molecule has 0 amide bonds. The molecule has 0 saturated carbocycles. The molecular formula is C18H15Cl3F3NO3. The van der Waals surface area contributed by atoms with E-state index in [0.29, 0.717) is 34.4 Å². The predicted octanol–water partition coefficient (Wildman–Crippen LogP) is 6.39. The number of halogens is 6. The van der Waals surface area contributed by atoms with Gasteiger partial charge >= 0.3 is 6.18 Å². The zero-order valence-electron chi connectivity index (χ0n) is 14.5. The van der Waals surface area contributed by atoms with Gasteiger partial charge in [0.1, 0.15) is 36.3 Å². The van der Waals surface area contributed by atoms with Crippen LogP contribution < -0.4 is 14.2 Å². The van der Waals surface area contributed by atoms with Crippen LogP contribution in [0.3, 0.4) is 0 Å². The minimum Gasteiger partial charge on any atom is -0.489 e. The highest BCUT2D eigenvalue weighted by Gasteiger charge is 2.31. The number of pyridine rings is 1. The van der Waals surface area contributed by atoms with Gasteiger partial charge in [0.05, 0.1) is 10.6 Å². The molecular weight excluding hydrogens is 442 g/mol. The molecule has 1 aromatic heterocycles. The fourth-order valence-corrected chi connectivity index (χ4v) is 2.43. The van der Waals surface area contributed by atoms with Gasteiger partial charge in [-0.25, -0.2) is 4.98 Å². The summed E-state index contributed by atoms with van der Waals surface area (Å²) in [5.74, 6) is 0.826. The first-order valence-electron chi connectivity index (χ1n) is 7.90. The van der Waals surface area contributed by atoms with E-state index in [4.69, 9.17) is 49.0 Å². The molecule has 0 radical (unpaired) electrons. The average Bonchev–Trinajstić information content (AvgIpc) is 2.60. The molecule has 0 spiro atoms. The minimum atomic E-state index is -4.52. The van der Waals surface area contributed by atoms with E-state index >= 15 is 0 Å². The van der Waals surface area contributed by atoms with Crippen LogP contribution in [0.5, 0.6) is 17.4 Å². The topological polar surface area (TPSA) is 40.6 Å². The Morgan fingerprint density at radius 3 is 2.39 bits per heavy atom. The lowest BCUT2D eigenvalue weighted by Crippen LogP contribution is -2.11. The second-order valence-corrected chi connectivity index (χ2v) is 6.81. The Hall–Kier alpha value is -1.83. The molecule has 1 aromatic carbocycles. The lowest BCUT2D eigenvalue weighted by atomic mass is 10.3. The standard InChI is InChI=1S/C18H15Cl3F3NO3/c1-11(19)4-5-26-13-2-3-16(14(20)9-13)27-6-7-28-17-15(21)8-12(10-25-17)18(22,23)24/h2-4,8-10H,5-7H2,1H3/b11-4-. The maximum atomic E-state index is 12.6. The van der Waals surface area contributed by atoms with Gasteiger partial charge in [-0.05, 0) is 31.2 Å². The average molecular weight is 457 g/mol. The Balaban J connectivity index is 1.84. The highest BCUT2D eigenvalue weighted by atomic mass is 35.5. The van der Waals surface area contributed by atoms with E-state index in [1.807, 2.05) is 0 Å². The molecule has 0 saturated heterocycles. The van der Waals surface area contributed by atoms with E-state index in [9.17, 15) is 13.2 Å². The van der Waals surface area contributed by atoms with Crippen LogP contribution in [0.25, 0.3) is 0 Å². The van der Waals surface area contributed by atoms with E-state index in [0.717, 1.165) is 6.07 Å². The van der Waals surface area contributed by atoms with Crippen molar-refractivity contribution in [2.45, 2.75) is 13.1 Å². The Morgan fingerprint density at radius 2 is 1.79 bits per heavy atom. The molecule has 0 aliphatic rings. The van der Waals surface area contributed by atoms with Crippen LogP contribution in [0.15, 0.2) is 41.6 Å². The van der Waals surface area contributed by atoms with Crippen molar-refractivity contribution >= 4 is 34.8 Å². The lowest BCUT2D eigenvalue weighted by Gasteiger charge is -2.12. The number of rotatable bonds is 8. The van der Waals surface area contributed by atoms with E-state index in [2.05, 4.69) is 4.98 Å². The first kappa shape index (κ1) is 22.5. The monoisotopic (exact) mass is 455 g/mol. The molecule has 0 unspecified atom stereocenters. The molecule has 152 valence electrons. The quantitative estimate of drug-likeness (QED) is 0.432. The molecule has 28 heavy (non-hydrogen) atoms. The van der Waals surface area contributed by atoms with Crippen molar-refractivity contribution in [3.63, 3.8) is 0 Å². The number of ether oxygens (including phenoxy) is 3. The molecule has 0 bridgehead atoms. The Bertz CT molecular complexity index is 841. The van der Waals surface area contributed by atoms with Crippen molar-refractivity contribution in [2.24, 2.45) is 0 Å². The molecule has 0 N–H and O–H groups in total. The van der Waals surface area contributed by atoms with Gasteiger partial charge in [-0.15, -0.1) is 0 Å². The van der Waals surface area contributed by atoms with Crippen LogP contribution in [0, 0.1) is 0 Å². The van der Waals surface area contributed by atoms with Gasteiger partial charge in [0.25, 0.3) is 0 Å². The highest BCUT2D eigenvalue weighted by molar-refractivity contribution is 6.32. The van der Waals surface area contributed by atoms with Gasteiger partial charge in [-0.1, -0.05) is 34.8 Å². The summed E-state index contributed by atoms with van der Waals surface area (Å²) in [6, 6.07) is 5.64. The minimum absolute atomic E-state index is 0.00641. The smallest absolute Gasteiger partial charge is 0.417 e. The molecule has 0 aliphatic heterocycles. The maximum absolute atomic E-state index is 12.6. The molecule has 1 heterocycles. The largest absolute Gasteiger partial charge is 0.489 e. The highest BCUT2D eigenvalue weighted by Crippen LogP contribution is 2.33. The summed E-state index contributed by atoms with van der Waals surface area (Å²) in [4.78, 5) is 3.57. The molecule has 4 nitrogen and oxygen atoms in total. The Labute approximate surface area is 174 Å². The number of benzene rings is 1.